The summed E-state index contributed by atoms with van der Waals surface area (Å²) in [6, 6.07) is 10.6. The van der Waals surface area contributed by atoms with Gasteiger partial charge in [-0.15, -0.1) is 0 Å². The normalized spacial score (nSPS) is 18.2. The average molecular weight is 336 g/mol. The topological polar surface area (TPSA) is 34.4 Å². The number of aryl methyl sites for hydroxylation is 1. The van der Waals surface area contributed by atoms with Crippen LogP contribution in [-0.4, -0.2) is 6.61 Å². The fourth-order valence-corrected chi connectivity index (χ4v) is 2.90. The molecule has 1 unspecified atom stereocenters. The van der Waals surface area contributed by atoms with Crippen LogP contribution in [0.3, 0.4) is 0 Å². The fraction of sp³-hybridized carbons (Fsp3) is 0.375. The van der Waals surface area contributed by atoms with E-state index in [0.717, 1.165) is 47.7 Å². The molecule has 1 aromatic carbocycles. The summed E-state index contributed by atoms with van der Waals surface area (Å²) >= 11 is 3.50. The van der Waals surface area contributed by atoms with Gasteiger partial charge in [-0.1, -0.05) is 22.0 Å². The molecule has 1 aliphatic rings. The van der Waals surface area contributed by atoms with Crippen molar-refractivity contribution in [1.82, 2.24) is 5.32 Å². The number of nitrogens with one attached hydrogen (secondary N) is 1. The molecule has 1 atom stereocenters. The van der Waals surface area contributed by atoms with Crippen LogP contribution >= 0.6 is 15.9 Å². The summed E-state index contributed by atoms with van der Waals surface area (Å²) in [5.74, 6) is 2.91. The molecule has 0 radical (unpaired) electrons. The van der Waals surface area contributed by atoms with Gasteiger partial charge in [-0.3, -0.25) is 0 Å². The van der Waals surface area contributed by atoms with Gasteiger partial charge in [0.15, 0.2) is 0 Å². The van der Waals surface area contributed by atoms with E-state index in [0.29, 0.717) is 6.04 Å². The second-order valence-corrected chi connectivity index (χ2v) is 6.03. The fourth-order valence-electron chi connectivity index (χ4n) is 2.56. The zero-order chi connectivity index (χ0) is 13.9. The molecule has 4 heteroatoms. The van der Waals surface area contributed by atoms with Crippen LogP contribution in [0.1, 0.15) is 36.0 Å². The van der Waals surface area contributed by atoms with Crippen molar-refractivity contribution < 1.29 is 9.15 Å². The predicted molar refractivity (Wildman–Crippen MR) is 81.9 cm³/mol. The second kappa shape index (κ2) is 6.02. The summed E-state index contributed by atoms with van der Waals surface area (Å²) in [6.45, 7) is 3.49. The number of hydrogen-bond donors (Lipinski definition) is 1. The standard InChI is InChI=1S/C16H18BrNO2/c1-11-4-6-13(20-11)10-18-15-3-2-8-19-16-9-12(17)5-7-14(15)16/h4-7,9,15,18H,2-3,8,10H2,1H3. The quantitative estimate of drug-likeness (QED) is 0.905. The zero-order valence-corrected chi connectivity index (χ0v) is 13.1. The van der Waals surface area contributed by atoms with Gasteiger partial charge < -0.3 is 14.5 Å². The third kappa shape index (κ3) is 3.07. The molecule has 1 N–H and O–H groups in total. The second-order valence-electron chi connectivity index (χ2n) is 5.12. The molecule has 0 aliphatic carbocycles. The number of furan rings is 1. The van der Waals surface area contributed by atoms with Crippen molar-refractivity contribution in [3.05, 3.63) is 51.9 Å². The van der Waals surface area contributed by atoms with E-state index in [1.165, 1.54) is 5.56 Å². The van der Waals surface area contributed by atoms with E-state index in [2.05, 4.69) is 33.4 Å². The molecule has 2 heterocycles. The van der Waals surface area contributed by atoms with Gasteiger partial charge >= 0.3 is 0 Å². The van der Waals surface area contributed by atoms with Crippen LogP contribution in [0, 0.1) is 6.92 Å². The van der Waals surface area contributed by atoms with Gasteiger partial charge in [-0.25, -0.2) is 0 Å². The molecule has 2 aromatic rings. The van der Waals surface area contributed by atoms with Crippen molar-refractivity contribution in [3.63, 3.8) is 0 Å². The number of halogens is 1. The van der Waals surface area contributed by atoms with Crippen molar-refractivity contribution in [1.29, 1.82) is 0 Å². The minimum Gasteiger partial charge on any atom is -0.493 e. The lowest BCUT2D eigenvalue weighted by Gasteiger charge is -2.18. The first-order valence-electron chi connectivity index (χ1n) is 6.93. The molecule has 106 valence electrons. The number of fused-ring (bicyclic) bond motifs is 1. The smallest absolute Gasteiger partial charge is 0.125 e. The molecule has 1 aromatic heterocycles. The minimum atomic E-state index is 0.311. The molecular formula is C16H18BrNO2. The molecule has 3 nitrogen and oxygen atoms in total. The van der Waals surface area contributed by atoms with Crippen LogP contribution in [0.2, 0.25) is 0 Å². The Hall–Kier alpha value is -1.26. The number of benzene rings is 1. The zero-order valence-electron chi connectivity index (χ0n) is 11.5. The first-order valence-corrected chi connectivity index (χ1v) is 7.72. The average Bonchev–Trinajstić information content (AvgIpc) is 2.74. The third-order valence-electron chi connectivity index (χ3n) is 3.56. The van der Waals surface area contributed by atoms with Crippen molar-refractivity contribution >= 4 is 15.9 Å². The number of ether oxygens (including phenoxy) is 1. The summed E-state index contributed by atoms with van der Waals surface area (Å²) in [5.41, 5.74) is 1.23. The lowest BCUT2D eigenvalue weighted by molar-refractivity contribution is 0.314. The van der Waals surface area contributed by atoms with Crippen LogP contribution < -0.4 is 10.1 Å². The van der Waals surface area contributed by atoms with E-state index in [1.807, 2.05) is 25.1 Å². The van der Waals surface area contributed by atoms with Gasteiger partial charge in [0, 0.05) is 16.1 Å². The summed E-state index contributed by atoms with van der Waals surface area (Å²) < 4.78 is 12.5. The van der Waals surface area contributed by atoms with Gasteiger partial charge in [-0.05, 0) is 44.0 Å². The van der Waals surface area contributed by atoms with Gasteiger partial charge in [0.2, 0.25) is 0 Å². The molecule has 0 spiro atoms. The Labute approximate surface area is 127 Å². The molecular weight excluding hydrogens is 318 g/mol. The highest BCUT2D eigenvalue weighted by molar-refractivity contribution is 9.10. The summed E-state index contributed by atoms with van der Waals surface area (Å²) in [4.78, 5) is 0. The Kier molecular flexibility index (Phi) is 4.13. The molecule has 0 saturated heterocycles. The molecule has 1 aliphatic heterocycles. The van der Waals surface area contributed by atoms with Crippen molar-refractivity contribution in [2.24, 2.45) is 0 Å². The molecule has 20 heavy (non-hydrogen) atoms. The number of hydrogen-bond acceptors (Lipinski definition) is 3. The van der Waals surface area contributed by atoms with E-state index in [9.17, 15) is 0 Å². The molecule has 0 fully saturated rings. The Bertz CT molecular complexity index is 594. The highest BCUT2D eigenvalue weighted by Gasteiger charge is 2.19. The highest BCUT2D eigenvalue weighted by Crippen LogP contribution is 2.33. The maximum absolute atomic E-state index is 5.82. The van der Waals surface area contributed by atoms with E-state index in [-0.39, 0.29) is 0 Å². The maximum atomic E-state index is 5.82. The first-order chi connectivity index (χ1) is 9.72. The number of rotatable bonds is 3. The lowest BCUT2D eigenvalue weighted by Crippen LogP contribution is -2.20. The molecule has 0 amide bonds. The van der Waals surface area contributed by atoms with Gasteiger partial charge in [0.05, 0.1) is 13.2 Å². The SMILES string of the molecule is Cc1ccc(CNC2CCCOc3cc(Br)ccc32)o1. The van der Waals surface area contributed by atoms with Crippen LogP contribution in [-0.2, 0) is 6.54 Å². The minimum absolute atomic E-state index is 0.311. The van der Waals surface area contributed by atoms with Crippen LogP contribution in [0.5, 0.6) is 5.75 Å². The largest absolute Gasteiger partial charge is 0.493 e. The van der Waals surface area contributed by atoms with E-state index >= 15 is 0 Å². The Morgan fingerprint density at radius 3 is 3.00 bits per heavy atom. The van der Waals surface area contributed by atoms with E-state index < -0.39 is 0 Å². The summed E-state index contributed by atoms with van der Waals surface area (Å²) in [6.07, 6.45) is 2.13. The summed E-state index contributed by atoms with van der Waals surface area (Å²) in [5, 5.41) is 3.58. The van der Waals surface area contributed by atoms with Crippen LogP contribution in [0.25, 0.3) is 0 Å². The molecule has 0 saturated carbocycles. The van der Waals surface area contributed by atoms with Crippen molar-refractivity contribution in [2.45, 2.75) is 32.4 Å². The summed E-state index contributed by atoms with van der Waals surface area (Å²) in [7, 11) is 0. The predicted octanol–water partition coefficient (Wildman–Crippen LogP) is 4.35. The maximum Gasteiger partial charge on any atom is 0.125 e. The van der Waals surface area contributed by atoms with Gasteiger partial charge in [-0.2, -0.15) is 0 Å². The monoisotopic (exact) mass is 335 g/mol. The Balaban J connectivity index is 1.76. The van der Waals surface area contributed by atoms with Crippen molar-refractivity contribution in [3.8, 4) is 5.75 Å². The molecule has 0 bridgehead atoms. The lowest BCUT2D eigenvalue weighted by atomic mass is 10.0. The third-order valence-corrected chi connectivity index (χ3v) is 4.06. The molecule has 3 rings (SSSR count). The van der Waals surface area contributed by atoms with Crippen LogP contribution in [0.4, 0.5) is 0 Å². The highest BCUT2D eigenvalue weighted by atomic mass is 79.9. The van der Waals surface area contributed by atoms with E-state index in [4.69, 9.17) is 9.15 Å². The van der Waals surface area contributed by atoms with Crippen molar-refractivity contribution in [2.75, 3.05) is 6.61 Å². The van der Waals surface area contributed by atoms with Gasteiger partial charge in [0.1, 0.15) is 17.3 Å². The van der Waals surface area contributed by atoms with Crippen LogP contribution in [0.15, 0.2) is 39.2 Å². The van der Waals surface area contributed by atoms with Gasteiger partial charge in [0.25, 0.3) is 0 Å². The first kappa shape index (κ1) is 13.7. The Morgan fingerprint density at radius 2 is 2.20 bits per heavy atom. The van der Waals surface area contributed by atoms with E-state index in [1.54, 1.807) is 0 Å². The Morgan fingerprint density at radius 1 is 1.30 bits per heavy atom.